The molecule has 8 heteroatoms. The third kappa shape index (κ3) is 4.11. The van der Waals surface area contributed by atoms with Crippen molar-refractivity contribution in [1.29, 1.82) is 0 Å². The van der Waals surface area contributed by atoms with Crippen LogP contribution in [-0.4, -0.2) is 84.0 Å². The largest absolute Gasteiger partial charge is 0.378 e. The molecule has 28 heavy (non-hydrogen) atoms. The Kier molecular flexibility index (Phi) is 5.75. The Balaban J connectivity index is 1.37. The second-order valence-corrected chi connectivity index (χ2v) is 7.55. The lowest BCUT2D eigenvalue weighted by molar-refractivity contribution is -0.155. The van der Waals surface area contributed by atoms with Gasteiger partial charge in [0.1, 0.15) is 0 Å². The zero-order valence-electron chi connectivity index (χ0n) is 15.6. The molecule has 0 spiro atoms. The van der Waals surface area contributed by atoms with Gasteiger partial charge < -0.3 is 14.5 Å². The average Bonchev–Trinajstić information content (AvgIpc) is 2.74. The Morgan fingerprint density at radius 2 is 1.68 bits per heavy atom. The molecular weight excluding hydrogens is 380 g/mol. The minimum absolute atomic E-state index is 0.406. The van der Waals surface area contributed by atoms with Gasteiger partial charge in [-0.05, 0) is 23.8 Å². The fourth-order valence-corrected chi connectivity index (χ4v) is 3.98. The molecule has 3 heterocycles. The molecule has 1 aromatic heterocycles. The number of benzene rings is 1. The maximum atomic E-state index is 12.5. The maximum absolute atomic E-state index is 12.5. The summed E-state index contributed by atoms with van der Waals surface area (Å²) in [7, 11) is 0. The number of aromatic nitrogens is 1. The molecule has 0 atom stereocenters. The Hall–Kier alpha value is -2.22. The second kappa shape index (κ2) is 8.43. The van der Waals surface area contributed by atoms with Crippen molar-refractivity contribution in [1.82, 2.24) is 19.7 Å². The Morgan fingerprint density at radius 3 is 2.39 bits per heavy atom. The summed E-state index contributed by atoms with van der Waals surface area (Å²) in [5.74, 6) is -0.821. The first kappa shape index (κ1) is 19.1. The number of halogens is 1. The quantitative estimate of drug-likeness (QED) is 0.710. The molecule has 4 rings (SSSR count). The minimum atomic E-state index is -0.415. The van der Waals surface area contributed by atoms with Gasteiger partial charge >= 0.3 is 11.8 Å². The summed E-state index contributed by atoms with van der Waals surface area (Å²) in [5.41, 5.74) is 2.03. The number of piperazine rings is 1. The van der Waals surface area contributed by atoms with Crippen LogP contribution in [0.15, 0.2) is 30.5 Å². The van der Waals surface area contributed by atoms with E-state index in [0.717, 1.165) is 16.5 Å². The van der Waals surface area contributed by atoms with E-state index in [1.807, 2.05) is 24.3 Å². The van der Waals surface area contributed by atoms with Gasteiger partial charge in [0.05, 0.1) is 18.7 Å². The van der Waals surface area contributed by atoms with Gasteiger partial charge in [0.15, 0.2) is 0 Å². The lowest BCUT2D eigenvalue weighted by Gasteiger charge is -2.36. The van der Waals surface area contributed by atoms with Crippen molar-refractivity contribution >= 4 is 34.3 Å². The van der Waals surface area contributed by atoms with E-state index < -0.39 is 11.8 Å². The minimum Gasteiger partial charge on any atom is -0.378 e. The van der Waals surface area contributed by atoms with Crippen LogP contribution in [0.2, 0.25) is 5.02 Å². The van der Waals surface area contributed by atoms with Crippen LogP contribution in [0.3, 0.4) is 0 Å². The average molecular weight is 403 g/mol. The zero-order valence-corrected chi connectivity index (χ0v) is 16.4. The van der Waals surface area contributed by atoms with Crippen LogP contribution in [0.4, 0.5) is 0 Å². The third-order valence-electron chi connectivity index (χ3n) is 5.28. The number of carbonyl (C=O) groups excluding carboxylic acids is 2. The molecule has 2 aromatic rings. The topological polar surface area (TPSA) is 66.0 Å². The van der Waals surface area contributed by atoms with E-state index in [-0.39, 0.29) is 0 Å². The fraction of sp³-hybridized carbons (Fsp3) is 0.450. The highest BCUT2D eigenvalue weighted by atomic mass is 35.5. The van der Waals surface area contributed by atoms with Gasteiger partial charge in [0.2, 0.25) is 0 Å². The standard InChI is InChI=1S/C20H23ClN4O3/c21-17-12-15-2-1-3-22-18(15)16(13-17)14-23-4-6-24(7-5-23)19(26)20(27)25-8-10-28-11-9-25/h1-3,12-13H,4-11,14H2. The Labute approximate surface area is 168 Å². The van der Waals surface area contributed by atoms with E-state index in [9.17, 15) is 9.59 Å². The molecule has 0 unspecified atom stereocenters. The molecule has 148 valence electrons. The number of amides is 2. The van der Waals surface area contributed by atoms with Gasteiger partial charge in [0.25, 0.3) is 0 Å². The van der Waals surface area contributed by atoms with Crippen molar-refractivity contribution in [2.24, 2.45) is 0 Å². The lowest BCUT2D eigenvalue weighted by Crippen LogP contribution is -2.54. The monoisotopic (exact) mass is 402 g/mol. The summed E-state index contributed by atoms with van der Waals surface area (Å²) in [6, 6.07) is 7.78. The summed E-state index contributed by atoms with van der Waals surface area (Å²) in [6.45, 7) is 5.18. The van der Waals surface area contributed by atoms with E-state index >= 15 is 0 Å². The number of morpholine rings is 1. The van der Waals surface area contributed by atoms with E-state index in [1.165, 1.54) is 0 Å². The number of hydrogen-bond donors (Lipinski definition) is 0. The molecule has 0 radical (unpaired) electrons. The Morgan fingerprint density at radius 1 is 1.00 bits per heavy atom. The molecule has 0 saturated carbocycles. The number of fused-ring (bicyclic) bond motifs is 1. The highest BCUT2D eigenvalue weighted by molar-refractivity contribution is 6.35. The number of carbonyl (C=O) groups is 2. The summed E-state index contributed by atoms with van der Waals surface area (Å²) in [5, 5.41) is 1.72. The smallest absolute Gasteiger partial charge is 0.312 e. The molecule has 2 amide bonds. The first-order valence-electron chi connectivity index (χ1n) is 9.53. The van der Waals surface area contributed by atoms with Crippen LogP contribution in [0.25, 0.3) is 10.9 Å². The van der Waals surface area contributed by atoms with Crippen LogP contribution in [0.1, 0.15) is 5.56 Å². The van der Waals surface area contributed by atoms with E-state index in [1.54, 1.807) is 16.0 Å². The lowest BCUT2D eigenvalue weighted by atomic mass is 10.1. The molecule has 2 aliphatic heterocycles. The number of nitrogens with zero attached hydrogens (tertiary/aromatic N) is 4. The predicted molar refractivity (Wildman–Crippen MR) is 106 cm³/mol. The number of rotatable bonds is 2. The highest BCUT2D eigenvalue weighted by Crippen LogP contribution is 2.24. The molecule has 0 N–H and O–H groups in total. The SMILES string of the molecule is O=C(C(=O)N1CCN(Cc2cc(Cl)cc3cccnc23)CC1)N1CCOCC1. The van der Waals surface area contributed by atoms with Crippen LogP contribution in [-0.2, 0) is 20.9 Å². The molecular formula is C20H23ClN4O3. The molecule has 0 aliphatic carbocycles. The zero-order chi connectivity index (χ0) is 19.5. The summed E-state index contributed by atoms with van der Waals surface area (Å²) >= 11 is 6.26. The van der Waals surface area contributed by atoms with Gasteiger partial charge in [-0.2, -0.15) is 0 Å². The third-order valence-corrected chi connectivity index (χ3v) is 5.50. The van der Waals surface area contributed by atoms with Crippen molar-refractivity contribution in [3.63, 3.8) is 0 Å². The van der Waals surface area contributed by atoms with Crippen LogP contribution in [0, 0.1) is 0 Å². The van der Waals surface area contributed by atoms with Crippen molar-refractivity contribution in [2.45, 2.75) is 6.54 Å². The van der Waals surface area contributed by atoms with E-state index in [4.69, 9.17) is 16.3 Å². The first-order chi connectivity index (χ1) is 13.6. The summed E-state index contributed by atoms with van der Waals surface area (Å²) < 4.78 is 5.24. The molecule has 2 fully saturated rings. The van der Waals surface area contributed by atoms with Crippen LogP contribution in [0.5, 0.6) is 0 Å². The Bertz CT molecular complexity index is 877. The number of pyridine rings is 1. The number of ether oxygens (including phenoxy) is 1. The van der Waals surface area contributed by atoms with Crippen LogP contribution >= 0.6 is 11.6 Å². The van der Waals surface area contributed by atoms with Gasteiger partial charge in [-0.3, -0.25) is 19.5 Å². The highest BCUT2D eigenvalue weighted by Gasteiger charge is 2.30. The van der Waals surface area contributed by atoms with Gasteiger partial charge in [-0.15, -0.1) is 0 Å². The molecule has 2 saturated heterocycles. The first-order valence-corrected chi connectivity index (χ1v) is 9.91. The van der Waals surface area contributed by atoms with E-state index in [0.29, 0.717) is 64.0 Å². The number of hydrogen-bond acceptors (Lipinski definition) is 5. The van der Waals surface area contributed by atoms with Crippen molar-refractivity contribution in [2.75, 3.05) is 52.5 Å². The van der Waals surface area contributed by atoms with E-state index in [2.05, 4.69) is 9.88 Å². The molecule has 1 aromatic carbocycles. The van der Waals surface area contributed by atoms with Gasteiger partial charge in [-0.25, -0.2) is 0 Å². The molecule has 2 aliphatic rings. The predicted octanol–water partition coefficient (Wildman–Crippen LogP) is 1.39. The van der Waals surface area contributed by atoms with Crippen molar-refractivity contribution < 1.29 is 14.3 Å². The van der Waals surface area contributed by atoms with Crippen molar-refractivity contribution in [3.8, 4) is 0 Å². The van der Waals surface area contributed by atoms with Crippen LogP contribution < -0.4 is 0 Å². The summed E-state index contributed by atoms with van der Waals surface area (Å²) in [4.78, 5) is 34.9. The van der Waals surface area contributed by atoms with Crippen molar-refractivity contribution in [3.05, 3.63) is 41.0 Å². The molecule has 0 bridgehead atoms. The second-order valence-electron chi connectivity index (χ2n) is 7.11. The van der Waals surface area contributed by atoms with Gasteiger partial charge in [-0.1, -0.05) is 17.7 Å². The van der Waals surface area contributed by atoms with Gasteiger partial charge in [0, 0.05) is 62.4 Å². The maximum Gasteiger partial charge on any atom is 0.312 e. The summed E-state index contributed by atoms with van der Waals surface area (Å²) in [6.07, 6.45) is 1.79. The normalized spacial score (nSPS) is 18.5. The molecule has 7 nitrogen and oxygen atoms in total. The fourth-order valence-electron chi connectivity index (χ4n) is 3.74.